The average molecular weight is 363 g/mol. The first kappa shape index (κ1) is 17.7. The molecule has 0 aliphatic carbocycles. The van der Waals surface area contributed by atoms with E-state index in [0.717, 1.165) is 48.2 Å². The molecule has 1 aromatic carbocycles. The predicted octanol–water partition coefficient (Wildman–Crippen LogP) is 4.51. The normalized spacial score (nSPS) is 17.7. The van der Waals surface area contributed by atoms with E-state index in [1.54, 1.807) is 6.33 Å². The molecule has 0 radical (unpaired) electrons. The molecule has 1 unspecified atom stereocenters. The van der Waals surface area contributed by atoms with E-state index in [0.29, 0.717) is 12.5 Å². The molecule has 0 N–H and O–H groups in total. The van der Waals surface area contributed by atoms with Gasteiger partial charge in [0, 0.05) is 29.9 Å². The van der Waals surface area contributed by atoms with Gasteiger partial charge in [-0.1, -0.05) is 0 Å². The van der Waals surface area contributed by atoms with Gasteiger partial charge in [-0.3, -0.25) is 4.90 Å². The fourth-order valence-electron chi connectivity index (χ4n) is 3.70. The lowest BCUT2D eigenvalue weighted by Gasteiger charge is -2.31. The number of hydrogen-bond acceptors (Lipinski definition) is 5. The van der Waals surface area contributed by atoms with Crippen LogP contribution in [0.5, 0.6) is 5.75 Å². The molecule has 1 atom stereocenters. The molecular weight excluding hydrogens is 338 g/mol. The van der Waals surface area contributed by atoms with Crippen molar-refractivity contribution in [3.05, 3.63) is 66.4 Å². The van der Waals surface area contributed by atoms with Gasteiger partial charge in [0.25, 0.3) is 0 Å². The average Bonchev–Trinajstić information content (AvgIpc) is 3.18. The molecule has 3 aromatic rings. The molecule has 3 heterocycles. The fourth-order valence-corrected chi connectivity index (χ4v) is 3.70. The third-order valence-corrected chi connectivity index (χ3v) is 5.02. The Hall–Kier alpha value is -2.66. The highest BCUT2D eigenvalue weighted by Gasteiger charge is 2.23. The van der Waals surface area contributed by atoms with E-state index < -0.39 is 0 Å². The molecule has 0 spiro atoms. The summed E-state index contributed by atoms with van der Waals surface area (Å²) in [6.45, 7) is 5.61. The number of aromatic nitrogens is 2. The first-order valence-corrected chi connectivity index (χ1v) is 9.62. The summed E-state index contributed by atoms with van der Waals surface area (Å²) in [5, 5.41) is 0. The van der Waals surface area contributed by atoms with Gasteiger partial charge >= 0.3 is 0 Å². The first-order valence-electron chi connectivity index (χ1n) is 9.62. The number of rotatable bonds is 6. The molecule has 0 bridgehead atoms. The summed E-state index contributed by atoms with van der Waals surface area (Å²) in [6.07, 6.45) is 5.84. The summed E-state index contributed by atoms with van der Waals surface area (Å²) in [4.78, 5) is 10.9. The molecule has 1 fully saturated rings. The molecule has 27 heavy (non-hydrogen) atoms. The van der Waals surface area contributed by atoms with Crippen LogP contribution >= 0.6 is 0 Å². The second kappa shape index (κ2) is 8.35. The Morgan fingerprint density at radius 2 is 2.04 bits per heavy atom. The van der Waals surface area contributed by atoms with Crippen LogP contribution in [0, 0.1) is 0 Å². The number of benzene rings is 1. The Bertz CT molecular complexity index is 846. The summed E-state index contributed by atoms with van der Waals surface area (Å²) in [5.74, 6) is 3.26. The Morgan fingerprint density at radius 1 is 1.15 bits per heavy atom. The lowest BCUT2D eigenvalue weighted by atomic mass is 9.94. The number of piperidine rings is 1. The highest BCUT2D eigenvalue weighted by molar-refractivity contribution is 5.58. The van der Waals surface area contributed by atoms with Gasteiger partial charge in [-0.25, -0.2) is 9.97 Å². The number of furan rings is 1. The Labute approximate surface area is 160 Å². The van der Waals surface area contributed by atoms with Crippen LogP contribution in [0.25, 0.3) is 11.3 Å². The maximum Gasteiger partial charge on any atom is 0.134 e. The zero-order valence-electron chi connectivity index (χ0n) is 15.7. The summed E-state index contributed by atoms with van der Waals surface area (Å²) in [5.41, 5.74) is 2.21. The van der Waals surface area contributed by atoms with Crippen molar-refractivity contribution in [2.45, 2.75) is 32.2 Å². The largest absolute Gasteiger partial charge is 0.494 e. The minimum atomic E-state index is 0.474. The van der Waals surface area contributed by atoms with E-state index in [9.17, 15) is 0 Å². The lowest BCUT2D eigenvalue weighted by Crippen LogP contribution is -2.34. The van der Waals surface area contributed by atoms with E-state index in [1.165, 1.54) is 12.8 Å². The monoisotopic (exact) mass is 363 g/mol. The highest BCUT2D eigenvalue weighted by Crippen LogP contribution is 2.28. The van der Waals surface area contributed by atoms with Crippen molar-refractivity contribution in [3.8, 4) is 17.1 Å². The Morgan fingerprint density at radius 3 is 2.81 bits per heavy atom. The van der Waals surface area contributed by atoms with Gasteiger partial charge in [0.05, 0.1) is 13.2 Å². The van der Waals surface area contributed by atoms with Crippen LogP contribution in [-0.4, -0.2) is 34.6 Å². The number of ether oxygens (including phenoxy) is 1. The molecule has 1 saturated heterocycles. The van der Waals surface area contributed by atoms with Crippen molar-refractivity contribution in [3.63, 3.8) is 0 Å². The molecule has 5 heteroatoms. The summed E-state index contributed by atoms with van der Waals surface area (Å²) >= 11 is 0. The minimum Gasteiger partial charge on any atom is -0.494 e. The Kier molecular flexibility index (Phi) is 5.49. The van der Waals surface area contributed by atoms with Crippen molar-refractivity contribution < 1.29 is 9.15 Å². The van der Waals surface area contributed by atoms with Gasteiger partial charge in [0.15, 0.2) is 0 Å². The SMILES string of the molecule is CCOc1ccc(-c2ccc(CN3CCCC(c4ccncn4)C3)o2)cc1. The van der Waals surface area contributed by atoms with E-state index >= 15 is 0 Å². The summed E-state index contributed by atoms with van der Waals surface area (Å²) < 4.78 is 11.6. The molecule has 4 rings (SSSR count). The van der Waals surface area contributed by atoms with Crippen molar-refractivity contribution in [1.29, 1.82) is 0 Å². The van der Waals surface area contributed by atoms with Gasteiger partial charge < -0.3 is 9.15 Å². The first-order chi connectivity index (χ1) is 13.3. The number of hydrogen-bond donors (Lipinski definition) is 0. The minimum absolute atomic E-state index is 0.474. The van der Waals surface area contributed by atoms with Gasteiger partial charge in [0.2, 0.25) is 0 Å². The Balaban J connectivity index is 1.40. The zero-order valence-corrected chi connectivity index (χ0v) is 15.7. The second-order valence-electron chi connectivity index (χ2n) is 6.93. The number of likely N-dealkylation sites (tertiary alicyclic amines) is 1. The van der Waals surface area contributed by atoms with Crippen LogP contribution in [0.2, 0.25) is 0 Å². The third kappa shape index (κ3) is 4.37. The van der Waals surface area contributed by atoms with Crippen LogP contribution < -0.4 is 4.74 Å². The van der Waals surface area contributed by atoms with Gasteiger partial charge in [0.1, 0.15) is 23.6 Å². The van der Waals surface area contributed by atoms with Gasteiger partial charge in [-0.05, 0) is 68.8 Å². The van der Waals surface area contributed by atoms with Crippen molar-refractivity contribution >= 4 is 0 Å². The molecular formula is C22H25N3O2. The second-order valence-corrected chi connectivity index (χ2v) is 6.93. The molecule has 2 aromatic heterocycles. The quantitative estimate of drug-likeness (QED) is 0.645. The van der Waals surface area contributed by atoms with Crippen molar-refractivity contribution in [1.82, 2.24) is 14.9 Å². The third-order valence-electron chi connectivity index (χ3n) is 5.02. The van der Waals surface area contributed by atoms with Crippen molar-refractivity contribution in [2.75, 3.05) is 19.7 Å². The predicted molar refractivity (Wildman–Crippen MR) is 105 cm³/mol. The molecule has 0 amide bonds. The smallest absolute Gasteiger partial charge is 0.134 e. The van der Waals surface area contributed by atoms with E-state index in [2.05, 4.69) is 27.0 Å². The number of nitrogens with zero attached hydrogens (tertiary/aromatic N) is 3. The standard InChI is InChI=1S/C22H25N3O2/c1-2-26-19-7-5-17(6-8-19)22-10-9-20(27-22)15-25-13-3-4-18(14-25)21-11-12-23-16-24-21/h5-12,16,18H,2-4,13-15H2,1H3. The van der Waals surface area contributed by atoms with Crippen LogP contribution in [0.15, 0.2) is 59.4 Å². The van der Waals surface area contributed by atoms with E-state index in [4.69, 9.17) is 9.15 Å². The van der Waals surface area contributed by atoms with Crippen molar-refractivity contribution in [2.24, 2.45) is 0 Å². The van der Waals surface area contributed by atoms with Crippen LogP contribution in [0.1, 0.15) is 37.1 Å². The topological polar surface area (TPSA) is 51.4 Å². The molecule has 5 nitrogen and oxygen atoms in total. The summed E-state index contributed by atoms with van der Waals surface area (Å²) in [6, 6.07) is 14.2. The zero-order chi connectivity index (χ0) is 18.5. The van der Waals surface area contributed by atoms with Gasteiger partial charge in [-0.15, -0.1) is 0 Å². The molecule has 0 saturated carbocycles. The van der Waals surface area contributed by atoms with E-state index in [-0.39, 0.29) is 0 Å². The van der Waals surface area contributed by atoms with Crippen LogP contribution in [-0.2, 0) is 6.54 Å². The maximum atomic E-state index is 6.11. The molecule has 1 aliphatic heterocycles. The summed E-state index contributed by atoms with van der Waals surface area (Å²) in [7, 11) is 0. The molecule has 1 aliphatic rings. The van der Waals surface area contributed by atoms with Crippen LogP contribution in [0.4, 0.5) is 0 Å². The molecule has 140 valence electrons. The van der Waals surface area contributed by atoms with E-state index in [1.807, 2.05) is 43.5 Å². The highest BCUT2D eigenvalue weighted by atomic mass is 16.5. The lowest BCUT2D eigenvalue weighted by molar-refractivity contribution is 0.185. The van der Waals surface area contributed by atoms with Crippen LogP contribution in [0.3, 0.4) is 0 Å². The maximum absolute atomic E-state index is 6.11. The van der Waals surface area contributed by atoms with Gasteiger partial charge in [-0.2, -0.15) is 0 Å². The fraction of sp³-hybridized carbons (Fsp3) is 0.364.